The molecule has 0 saturated heterocycles. The van der Waals surface area contributed by atoms with E-state index in [1.165, 1.54) is 0 Å². The molecule has 1 aromatic heterocycles. The van der Waals surface area contributed by atoms with Gasteiger partial charge in [0.15, 0.2) is 5.78 Å². The van der Waals surface area contributed by atoms with Gasteiger partial charge in [0.05, 0.1) is 0 Å². The third-order valence-corrected chi connectivity index (χ3v) is 2.46. The van der Waals surface area contributed by atoms with Crippen molar-refractivity contribution in [1.82, 2.24) is 4.98 Å². The van der Waals surface area contributed by atoms with Crippen LogP contribution >= 0.6 is 0 Å². The summed E-state index contributed by atoms with van der Waals surface area (Å²) < 4.78 is 26.0. The number of aromatic nitrogens is 1. The molecule has 1 aromatic carbocycles. The van der Waals surface area contributed by atoms with E-state index in [4.69, 9.17) is 0 Å². The SMILES string of the molecule is Cc1cccc(C(=O)Cc2cc(F)cc(F)c2)n1. The molecular weight excluding hydrogens is 236 g/mol. The smallest absolute Gasteiger partial charge is 0.185 e. The summed E-state index contributed by atoms with van der Waals surface area (Å²) in [6, 6.07) is 8.16. The molecule has 0 aliphatic rings. The van der Waals surface area contributed by atoms with E-state index in [1.807, 2.05) is 0 Å². The summed E-state index contributed by atoms with van der Waals surface area (Å²) in [4.78, 5) is 16.0. The molecule has 2 rings (SSSR count). The Labute approximate surface area is 103 Å². The highest BCUT2D eigenvalue weighted by atomic mass is 19.1. The second-order valence-electron chi connectivity index (χ2n) is 4.04. The summed E-state index contributed by atoms with van der Waals surface area (Å²) in [7, 11) is 0. The van der Waals surface area contributed by atoms with Gasteiger partial charge in [0.25, 0.3) is 0 Å². The number of hydrogen-bond acceptors (Lipinski definition) is 2. The van der Waals surface area contributed by atoms with Crippen molar-refractivity contribution in [3.05, 3.63) is 65.0 Å². The van der Waals surface area contributed by atoms with Crippen LogP contribution in [0.25, 0.3) is 0 Å². The minimum atomic E-state index is -0.685. The Hall–Kier alpha value is -2.10. The van der Waals surface area contributed by atoms with Crippen LogP contribution in [0.3, 0.4) is 0 Å². The first kappa shape index (κ1) is 12.4. The number of ketones is 1. The van der Waals surface area contributed by atoms with Crippen molar-refractivity contribution in [2.24, 2.45) is 0 Å². The number of benzene rings is 1. The number of rotatable bonds is 3. The normalized spacial score (nSPS) is 10.4. The van der Waals surface area contributed by atoms with Crippen LogP contribution in [0.1, 0.15) is 21.7 Å². The third-order valence-electron chi connectivity index (χ3n) is 2.46. The van der Waals surface area contributed by atoms with E-state index in [1.54, 1.807) is 25.1 Å². The van der Waals surface area contributed by atoms with Gasteiger partial charge >= 0.3 is 0 Å². The molecule has 18 heavy (non-hydrogen) atoms. The van der Waals surface area contributed by atoms with E-state index in [2.05, 4.69) is 4.98 Å². The van der Waals surface area contributed by atoms with Gasteiger partial charge in [0.1, 0.15) is 17.3 Å². The molecule has 2 nitrogen and oxygen atoms in total. The van der Waals surface area contributed by atoms with Gasteiger partial charge in [0.2, 0.25) is 0 Å². The Balaban J connectivity index is 2.21. The Bertz CT molecular complexity index is 576. The van der Waals surface area contributed by atoms with E-state index in [0.29, 0.717) is 11.3 Å². The first-order valence-corrected chi connectivity index (χ1v) is 5.46. The topological polar surface area (TPSA) is 30.0 Å². The van der Waals surface area contributed by atoms with Crippen molar-refractivity contribution >= 4 is 5.78 Å². The predicted octanol–water partition coefficient (Wildman–Crippen LogP) is 3.09. The molecule has 0 amide bonds. The van der Waals surface area contributed by atoms with Gasteiger partial charge in [-0.3, -0.25) is 9.78 Å². The lowest BCUT2D eigenvalue weighted by molar-refractivity contribution is 0.0988. The molecule has 92 valence electrons. The van der Waals surface area contributed by atoms with Crippen LogP contribution < -0.4 is 0 Å². The molecule has 0 bridgehead atoms. The average Bonchev–Trinajstić information content (AvgIpc) is 2.27. The highest BCUT2D eigenvalue weighted by molar-refractivity contribution is 5.95. The standard InChI is InChI=1S/C14H11F2NO/c1-9-3-2-4-13(17-9)14(18)7-10-5-11(15)8-12(16)6-10/h2-6,8H,7H2,1H3. The molecule has 0 atom stereocenters. The number of nitrogens with zero attached hydrogens (tertiary/aromatic N) is 1. The molecule has 0 N–H and O–H groups in total. The summed E-state index contributed by atoms with van der Waals surface area (Å²) in [5, 5.41) is 0. The van der Waals surface area contributed by atoms with E-state index in [-0.39, 0.29) is 12.2 Å². The summed E-state index contributed by atoms with van der Waals surface area (Å²) in [5.41, 5.74) is 1.34. The minimum Gasteiger partial charge on any atom is -0.292 e. The molecule has 4 heteroatoms. The van der Waals surface area contributed by atoms with Gasteiger partial charge in [-0.25, -0.2) is 8.78 Å². The molecule has 0 radical (unpaired) electrons. The first-order valence-electron chi connectivity index (χ1n) is 5.46. The van der Waals surface area contributed by atoms with Crippen molar-refractivity contribution in [3.8, 4) is 0 Å². The lowest BCUT2D eigenvalue weighted by Crippen LogP contribution is -2.07. The number of pyridine rings is 1. The number of carbonyl (C=O) groups excluding carboxylic acids is 1. The van der Waals surface area contributed by atoms with E-state index in [9.17, 15) is 13.6 Å². The zero-order valence-electron chi connectivity index (χ0n) is 9.78. The molecule has 0 unspecified atom stereocenters. The van der Waals surface area contributed by atoms with Crippen molar-refractivity contribution in [2.45, 2.75) is 13.3 Å². The number of hydrogen-bond donors (Lipinski definition) is 0. The molecule has 0 spiro atoms. The molecular formula is C14H11F2NO. The summed E-state index contributed by atoms with van der Waals surface area (Å²) in [6.07, 6.45) is -0.0644. The van der Waals surface area contributed by atoms with Crippen LogP contribution in [-0.4, -0.2) is 10.8 Å². The number of aryl methyl sites for hydroxylation is 1. The Morgan fingerprint density at radius 3 is 2.44 bits per heavy atom. The maximum absolute atomic E-state index is 13.0. The van der Waals surface area contributed by atoms with Gasteiger partial charge < -0.3 is 0 Å². The van der Waals surface area contributed by atoms with Crippen LogP contribution in [0.4, 0.5) is 8.78 Å². The quantitative estimate of drug-likeness (QED) is 0.780. The fourth-order valence-corrected chi connectivity index (χ4v) is 1.69. The summed E-state index contributed by atoms with van der Waals surface area (Å²) >= 11 is 0. The lowest BCUT2D eigenvalue weighted by atomic mass is 10.1. The van der Waals surface area contributed by atoms with E-state index >= 15 is 0 Å². The lowest BCUT2D eigenvalue weighted by Gasteiger charge is -2.02. The molecule has 2 aromatic rings. The molecule has 0 fully saturated rings. The maximum Gasteiger partial charge on any atom is 0.185 e. The highest BCUT2D eigenvalue weighted by Gasteiger charge is 2.10. The fourth-order valence-electron chi connectivity index (χ4n) is 1.69. The van der Waals surface area contributed by atoms with Crippen LogP contribution in [0.15, 0.2) is 36.4 Å². The third kappa shape index (κ3) is 2.97. The number of carbonyl (C=O) groups is 1. The first-order chi connectivity index (χ1) is 8.54. The maximum atomic E-state index is 13.0. The second-order valence-corrected chi connectivity index (χ2v) is 4.04. The van der Waals surface area contributed by atoms with Gasteiger partial charge in [-0.2, -0.15) is 0 Å². The van der Waals surface area contributed by atoms with Gasteiger partial charge in [-0.15, -0.1) is 0 Å². The molecule has 0 aliphatic carbocycles. The van der Waals surface area contributed by atoms with Crippen LogP contribution in [0.5, 0.6) is 0 Å². The second kappa shape index (κ2) is 5.04. The van der Waals surface area contributed by atoms with Gasteiger partial charge in [-0.1, -0.05) is 6.07 Å². The van der Waals surface area contributed by atoms with Crippen LogP contribution in [0, 0.1) is 18.6 Å². The van der Waals surface area contributed by atoms with Crippen molar-refractivity contribution in [1.29, 1.82) is 0 Å². The molecule has 0 saturated carbocycles. The van der Waals surface area contributed by atoms with Crippen LogP contribution in [0.2, 0.25) is 0 Å². The largest absolute Gasteiger partial charge is 0.292 e. The monoisotopic (exact) mass is 247 g/mol. The van der Waals surface area contributed by atoms with Gasteiger partial charge in [-0.05, 0) is 36.8 Å². The van der Waals surface area contributed by atoms with Crippen molar-refractivity contribution in [3.63, 3.8) is 0 Å². The highest BCUT2D eigenvalue weighted by Crippen LogP contribution is 2.11. The predicted molar refractivity (Wildman–Crippen MR) is 63.4 cm³/mol. The fraction of sp³-hybridized carbons (Fsp3) is 0.143. The Kier molecular flexibility index (Phi) is 3.46. The number of halogens is 2. The van der Waals surface area contributed by atoms with Crippen molar-refractivity contribution < 1.29 is 13.6 Å². The molecule has 0 aliphatic heterocycles. The van der Waals surface area contributed by atoms with E-state index in [0.717, 1.165) is 23.9 Å². The van der Waals surface area contributed by atoms with E-state index < -0.39 is 11.6 Å². The molecule has 1 heterocycles. The minimum absolute atomic E-state index is 0.0644. The summed E-state index contributed by atoms with van der Waals surface area (Å²) in [5.74, 6) is -1.63. The zero-order valence-corrected chi connectivity index (χ0v) is 9.78. The van der Waals surface area contributed by atoms with Crippen molar-refractivity contribution in [2.75, 3.05) is 0 Å². The van der Waals surface area contributed by atoms with Crippen LogP contribution in [-0.2, 0) is 6.42 Å². The average molecular weight is 247 g/mol. The van der Waals surface area contributed by atoms with Gasteiger partial charge in [0, 0.05) is 18.2 Å². The Morgan fingerprint density at radius 1 is 1.17 bits per heavy atom. The number of Topliss-reactive ketones (excluding diaryl/α,β-unsaturated/α-hetero) is 1. The Morgan fingerprint density at radius 2 is 1.83 bits per heavy atom. The summed E-state index contributed by atoms with van der Waals surface area (Å²) in [6.45, 7) is 1.78. The zero-order chi connectivity index (χ0) is 13.1.